The molecule has 0 bridgehead atoms. The molecule has 0 atom stereocenters. The third kappa shape index (κ3) is 4.73. The summed E-state index contributed by atoms with van der Waals surface area (Å²) in [6.45, 7) is -0.134. The zero-order valence-electron chi connectivity index (χ0n) is 10.1. The first-order valence-corrected chi connectivity index (χ1v) is 5.40. The lowest BCUT2D eigenvalue weighted by Crippen LogP contribution is -2.39. The van der Waals surface area contributed by atoms with Gasteiger partial charge in [-0.05, 0) is 17.7 Å². The van der Waals surface area contributed by atoms with Gasteiger partial charge in [0.1, 0.15) is 11.9 Å². The van der Waals surface area contributed by atoms with E-state index in [1.165, 1.54) is 17.0 Å². The highest BCUT2D eigenvalue weighted by Gasteiger charge is 2.13. The summed E-state index contributed by atoms with van der Waals surface area (Å²) in [4.78, 5) is 23.2. The Bertz CT molecular complexity index is 523. The maximum atomic E-state index is 13.1. The van der Waals surface area contributed by atoms with Gasteiger partial charge in [-0.15, -0.1) is 0 Å². The van der Waals surface area contributed by atoms with E-state index in [9.17, 15) is 14.0 Å². The van der Waals surface area contributed by atoms with E-state index in [0.29, 0.717) is 5.56 Å². The monoisotopic (exact) mass is 264 g/mol. The SMILES string of the molecule is N#Cc1cc(CN(CC(N)=O)CC(N)=O)ccc1F. The van der Waals surface area contributed by atoms with Gasteiger partial charge in [0, 0.05) is 6.54 Å². The van der Waals surface area contributed by atoms with Crippen molar-refractivity contribution in [3.05, 3.63) is 35.1 Å². The van der Waals surface area contributed by atoms with Crippen LogP contribution < -0.4 is 11.5 Å². The van der Waals surface area contributed by atoms with Crippen LogP contribution in [0.4, 0.5) is 4.39 Å². The van der Waals surface area contributed by atoms with Gasteiger partial charge >= 0.3 is 0 Å². The summed E-state index contributed by atoms with van der Waals surface area (Å²) >= 11 is 0. The number of hydrogen-bond acceptors (Lipinski definition) is 4. The van der Waals surface area contributed by atoms with Crippen molar-refractivity contribution in [1.82, 2.24) is 4.90 Å². The van der Waals surface area contributed by atoms with Gasteiger partial charge in [-0.1, -0.05) is 6.07 Å². The summed E-state index contributed by atoms with van der Waals surface area (Å²) in [5.41, 5.74) is 10.6. The number of carbonyl (C=O) groups excluding carboxylic acids is 2. The molecular weight excluding hydrogens is 251 g/mol. The Morgan fingerprint density at radius 2 is 1.84 bits per heavy atom. The maximum Gasteiger partial charge on any atom is 0.231 e. The number of amides is 2. The van der Waals surface area contributed by atoms with E-state index in [-0.39, 0.29) is 25.2 Å². The predicted octanol–water partition coefficient (Wildman–Crippen LogP) is -0.530. The molecule has 6 nitrogen and oxygen atoms in total. The zero-order chi connectivity index (χ0) is 14.4. The molecule has 19 heavy (non-hydrogen) atoms. The van der Waals surface area contributed by atoms with Crippen LogP contribution in [-0.2, 0) is 16.1 Å². The number of benzene rings is 1. The van der Waals surface area contributed by atoms with Gasteiger partial charge in [0.15, 0.2) is 0 Å². The molecule has 0 heterocycles. The first-order chi connectivity index (χ1) is 8.92. The smallest absolute Gasteiger partial charge is 0.231 e. The standard InChI is InChI=1S/C12H13FN4O2/c13-10-2-1-8(3-9(10)4-14)5-17(6-11(15)18)7-12(16)19/h1-3H,5-7H2,(H2,15,18)(H2,16,19). The highest BCUT2D eigenvalue weighted by atomic mass is 19.1. The van der Waals surface area contributed by atoms with Crippen molar-refractivity contribution in [2.45, 2.75) is 6.54 Å². The van der Waals surface area contributed by atoms with Crippen molar-refractivity contribution < 1.29 is 14.0 Å². The number of hydrogen-bond donors (Lipinski definition) is 2. The van der Waals surface area contributed by atoms with Crippen LogP contribution in [0, 0.1) is 17.1 Å². The van der Waals surface area contributed by atoms with Crippen LogP contribution in [0.1, 0.15) is 11.1 Å². The molecule has 0 saturated carbocycles. The Hall–Kier alpha value is -2.46. The van der Waals surface area contributed by atoms with Crippen LogP contribution >= 0.6 is 0 Å². The van der Waals surface area contributed by atoms with Gasteiger partial charge in [-0.3, -0.25) is 14.5 Å². The van der Waals surface area contributed by atoms with Gasteiger partial charge in [0.25, 0.3) is 0 Å². The second kappa shape index (κ2) is 6.47. The van der Waals surface area contributed by atoms with E-state index in [2.05, 4.69) is 0 Å². The first-order valence-electron chi connectivity index (χ1n) is 5.40. The topological polar surface area (TPSA) is 113 Å². The maximum absolute atomic E-state index is 13.1. The average Bonchev–Trinajstić information content (AvgIpc) is 2.29. The summed E-state index contributed by atoms with van der Waals surface area (Å²) < 4.78 is 13.1. The molecule has 0 fully saturated rings. The van der Waals surface area contributed by atoms with E-state index in [0.717, 1.165) is 6.07 Å². The molecule has 0 unspecified atom stereocenters. The molecule has 0 spiro atoms. The van der Waals surface area contributed by atoms with Crippen molar-refractivity contribution in [3.63, 3.8) is 0 Å². The number of nitrogens with zero attached hydrogens (tertiary/aromatic N) is 2. The predicted molar refractivity (Wildman–Crippen MR) is 64.8 cm³/mol. The lowest BCUT2D eigenvalue weighted by Gasteiger charge is -2.19. The molecule has 0 radical (unpaired) electrons. The highest BCUT2D eigenvalue weighted by molar-refractivity contribution is 5.79. The number of carbonyl (C=O) groups is 2. The summed E-state index contributed by atoms with van der Waals surface area (Å²) in [7, 11) is 0. The summed E-state index contributed by atoms with van der Waals surface area (Å²) in [6, 6.07) is 5.68. The fourth-order valence-electron chi connectivity index (χ4n) is 1.62. The zero-order valence-corrected chi connectivity index (χ0v) is 10.1. The first kappa shape index (κ1) is 14.6. The number of halogens is 1. The minimum atomic E-state index is -0.623. The summed E-state index contributed by atoms with van der Waals surface area (Å²) in [5, 5.41) is 8.72. The minimum Gasteiger partial charge on any atom is -0.369 e. The molecule has 7 heteroatoms. The Morgan fingerprint density at radius 1 is 1.26 bits per heavy atom. The quantitative estimate of drug-likeness (QED) is 0.718. The van der Waals surface area contributed by atoms with Gasteiger partial charge in [-0.25, -0.2) is 4.39 Å². The third-order valence-electron chi connectivity index (χ3n) is 2.32. The summed E-state index contributed by atoms with van der Waals surface area (Å²) in [5.74, 6) is -1.84. The Kier molecular flexibility index (Phi) is 4.97. The van der Waals surface area contributed by atoms with Crippen LogP contribution in [-0.4, -0.2) is 29.8 Å². The highest BCUT2D eigenvalue weighted by Crippen LogP contribution is 2.11. The normalized spacial score (nSPS) is 10.2. The Balaban J connectivity index is 2.86. The van der Waals surface area contributed by atoms with E-state index in [4.69, 9.17) is 16.7 Å². The van der Waals surface area contributed by atoms with Crippen LogP contribution in [0.5, 0.6) is 0 Å². The lowest BCUT2D eigenvalue weighted by molar-refractivity contribution is -0.122. The molecule has 0 aliphatic carbocycles. The fourth-order valence-corrected chi connectivity index (χ4v) is 1.62. The second-order valence-electron chi connectivity index (χ2n) is 4.00. The molecule has 0 saturated heterocycles. The number of primary amides is 2. The van der Waals surface area contributed by atoms with Crippen molar-refractivity contribution in [1.29, 1.82) is 5.26 Å². The van der Waals surface area contributed by atoms with Crippen LogP contribution in [0.3, 0.4) is 0 Å². The lowest BCUT2D eigenvalue weighted by atomic mass is 10.1. The average molecular weight is 264 g/mol. The summed E-state index contributed by atoms with van der Waals surface area (Å²) in [6.07, 6.45) is 0. The molecule has 1 rings (SSSR count). The van der Waals surface area contributed by atoms with E-state index < -0.39 is 17.6 Å². The molecule has 0 aliphatic heterocycles. The van der Waals surface area contributed by atoms with Crippen LogP contribution in [0.25, 0.3) is 0 Å². The molecule has 0 aromatic heterocycles. The second-order valence-corrected chi connectivity index (χ2v) is 4.00. The van der Waals surface area contributed by atoms with Crippen molar-refractivity contribution in [2.24, 2.45) is 11.5 Å². The molecule has 1 aromatic rings. The van der Waals surface area contributed by atoms with Crippen LogP contribution in [0.2, 0.25) is 0 Å². The van der Waals surface area contributed by atoms with Crippen molar-refractivity contribution in [3.8, 4) is 6.07 Å². The molecular formula is C12H13FN4O2. The molecule has 2 amide bonds. The van der Waals surface area contributed by atoms with Crippen LogP contribution in [0.15, 0.2) is 18.2 Å². The Morgan fingerprint density at radius 3 is 2.32 bits per heavy atom. The van der Waals surface area contributed by atoms with E-state index in [1.807, 2.05) is 0 Å². The molecule has 100 valence electrons. The molecule has 1 aromatic carbocycles. The minimum absolute atomic E-state index is 0.101. The number of nitrogens with two attached hydrogens (primary N) is 2. The Labute approximate surface area is 109 Å². The van der Waals surface area contributed by atoms with Gasteiger partial charge in [0.2, 0.25) is 11.8 Å². The van der Waals surface area contributed by atoms with Crippen molar-refractivity contribution >= 4 is 11.8 Å². The van der Waals surface area contributed by atoms with Gasteiger partial charge < -0.3 is 11.5 Å². The van der Waals surface area contributed by atoms with E-state index in [1.54, 1.807) is 6.07 Å². The van der Waals surface area contributed by atoms with Crippen molar-refractivity contribution in [2.75, 3.05) is 13.1 Å². The van der Waals surface area contributed by atoms with E-state index >= 15 is 0 Å². The third-order valence-corrected chi connectivity index (χ3v) is 2.32. The molecule has 0 aliphatic rings. The number of rotatable bonds is 6. The number of nitriles is 1. The fraction of sp³-hybridized carbons (Fsp3) is 0.250. The van der Waals surface area contributed by atoms with Gasteiger partial charge in [-0.2, -0.15) is 5.26 Å². The largest absolute Gasteiger partial charge is 0.369 e. The van der Waals surface area contributed by atoms with Gasteiger partial charge in [0.05, 0.1) is 18.7 Å². The molecule has 4 N–H and O–H groups in total.